The molecule has 0 aliphatic rings. The van der Waals surface area contributed by atoms with Crippen molar-refractivity contribution >= 4 is 11.9 Å². The second-order valence-electron chi connectivity index (χ2n) is 7.42. The molecule has 0 saturated heterocycles. The van der Waals surface area contributed by atoms with Crippen molar-refractivity contribution in [2.45, 2.75) is 96.8 Å². The Kier molecular flexibility index (Phi) is 21.6. The highest BCUT2D eigenvalue weighted by Crippen LogP contribution is 2.11. The third-order valence-corrected chi connectivity index (χ3v) is 4.58. The van der Waals surface area contributed by atoms with Crippen LogP contribution in [-0.4, -0.2) is 23.7 Å². The number of carbonyl (C=O) groups is 2. The monoisotopic (exact) mass is 418 g/mol. The van der Waals surface area contributed by atoms with Crippen molar-refractivity contribution in [1.29, 1.82) is 0 Å². The summed E-state index contributed by atoms with van der Waals surface area (Å²) in [5.74, 6) is -1.52. The molecular formula is C26H42O4. The molecule has 0 radical (unpaired) electrons. The van der Waals surface area contributed by atoms with Gasteiger partial charge in [0.15, 0.2) is 6.61 Å². The minimum atomic E-state index is -1.11. The van der Waals surface area contributed by atoms with Crippen LogP contribution in [0.3, 0.4) is 0 Å². The summed E-state index contributed by atoms with van der Waals surface area (Å²) in [5, 5.41) is 8.42. The average Bonchev–Trinajstić information content (AvgIpc) is 2.73. The number of carboxylic acids is 1. The van der Waals surface area contributed by atoms with Gasteiger partial charge in [-0.15, -0.1) is 0 Å². The fourth-order valence-electron chi connectivity index (χ4n) is 2.90. The first-order valence-electron chi connectivity index (χ1n) is 11.6. The zero-order chi connectivity index (χ0) is 22.1. The third kappa shape index (κ3) is 23.9. The Balaban J connectivity index is 3.32. The van der Waals surface area contributed by atoms with Crippen LogP contribution in [0.2, 0.25) is 0 Å². The van der Waals surface area contributed by atoms with Crippen molar-refractivity contribution < 1.29 is 19.4 Å². The van der Waals surface area contributed by atoms with E-state index < -0.39 is 18.5 Å². The molecule has 4 nitrogen and oxygen atoms in total. The maximum absolute atomic E-state index is 11.2. The van der Waals surface area contributed by atoms with Crippen molar-refractivity contribution in [3.05, 3.63) is 48.6 Å². The topological polar surface area (TPSA) is 63.6 Å². The molecule has 0 aliphatic carbocycles. The highest BCUT2D eigenvalue weighted by Gasteiger charge is 2.05. The van der Waals surface area contributed by atoms with Gasteiger partial charge < -0.3 is 9.84 Å². The lowest BCUT2D eigenvalue weighted by Gasteiger charge is -2.03. The summed E-state index contributed by atoms with van der Waals surface area (Å²) in [4.78, 5) is 21.5. The average molecular weight is 419 g/mol. The summed E-state index contributed by atoms with van der Waals surface area (Å²) >= 11 is 0. The summed E-state index contributed by atoms with van der Waals surface area (Å²) in [6.45, 7) is 1.62. The number of carbonyl (C=O) groups excluding carboxylic acids is 1. The molecule has 0 bridgehead atoms. The number of hydrogen-bond donors (Lipinski definition) is 1. The van der Waals surface area contributed by atoms with Crippen molar-refractivity contribution in [1.82, 2.24) is 0 Å². The number of hydrogen-bond acceptors (Lipinski definition) is 3. The first kappa shape index (κ1) is 27.9. The maximum atomic E-state index is 11.2. The van der Waals surface area contributed by atoms with Crippen LogP contribution in [0.1, 0.15) is 96.8 Å². The van der Waals surface area contributed by atoms with Crippen molar-refractivity contribution in [3.8, 4) is 0 Å². The van der Waals surface area contributed by atoms with Gasteiger partial charge in [0, 0.05) is 6.42 Å². The summed E-state index contributed by atoms with van der Waals surface area (Å²) in [6.07, 6.45) is 32.7. The van der Waals surface area contributed by atoms with E-state index in [1.807, 2.05) is 0 Å². The lowest BCUT2D eigenvalue weighted by atomic mass is 10.1. The maximum Gasteiger partial charge on any atom is 0.341 e. The minimum absolute atomic E-state index is 0.322. The number of rotatable bonds is 20. The molecule has 170 valence electrons. The van der Waals surface area contributed by atoms with Crippen LogP contribution in [0.15, 0.2) is 48.6 Å². The van der Waals surface area contributed by atoms with E-state index in [0.29, 0.717) is 6.42 Å². The van der Waals surface area contributed by atoms with Gasteiger partial charge in [-0.25, -0.2) is 4.79 Å². The van der Waals surface area contributed by atoms with Gasteiger partial charge in [0.05, 0.1) is 0 Å². The van der Waals surface area contributed by atoms with Crippen molar-refractivity contribution in [2.24, 2.45) is 0 Å². The minimum Gasteiger partial charge on any atom is -0.479 e. The van der Waals surface area contributed by atoms with Crippen molar-refractivity contribution in [3.63, 3.8) is 0 Å². The van der Waals surface area contributed by atoms with E-state index in [0.717, 1.165) is 51.4 Å². The van der Waals surface area contributed by atoms with Gasteiger partial charge in [-0.1, -0.05) is 94.1 Å². The molecule has 0 unspecified atom stereocenters. The largest absolute Gasteiger partial charge is 0.479 e. The number of aliphatic carboxylic acids is 1. The Morgan fingerprint density at radius 1 is 0.667 bits per heavy atom. The molecule has 0 atom stereocenters. The van der Waals surface area contributed by atoms with Gasteiger partial charge in [0.25, 0.3) is 0 Å². The normalized spacial score (nSPS) is 12.0. The standard InChI is InChI=1S/C26H42O4/c1-2-3-4-5-6-7-8-9-10-11-12-13-14-15-16-17-18-19-20-21-22-23-26(29)30-24-25(27)28/h3-4,6-7,9-10,12-13H,2,5,8,11,14-24H2,1H3,(H,27,28)/b4-3-,7-6-,10-9-,13-12-. The van der Waals surface area contributed by atoms with Crippen LogP contribution < -0.4 is 0 Å². The molecule has 30 heavy (non-hydrogen) atoms. The van der Waals surface area contributed by atoms with Gasteiger partial charge in [-0.2, -0.15) is 0 Å². The molecule has 0 aromatic heterocycles. The lowest BCUT2D eigenvalue weighted by molar-refractivity contribution is -0.155. The number of carboxylic acid groups (broad SMARTS) is 1. The Labute approximate surface area is 183 Å². The van der Waals surface area contributed by atoms with Crippen molar-refractivity contribution in [2.75, 3.05) is 6.61 Å². The van der Waals surface area contributed by atoms with Gasteiger partial charge in [0.1, 0.15) is 0 Å². The van der Waals surface area contributed by atoms with Crippen LogP contribution in [0.4, 0.5) is 0 Å². The molecular weight excluding hydrogens is 376 g/mol. The van der Waals surface area contributed by atoms with Crippen LogP contribution in [-0.2, 0) is 14.3 Å². The summed E-state index contributed by atoms with van der Waals surface area (Å²) < 4.78 is 4.59. The first-order chi connectivity index (χ1) is 14.7. The van der Waals surface area contributed by atoms with E-state index in [2.05, 4.69) is 60.3 Å². The fraction of sp³-hybridized carbons (Fsp3) is 0.615. The molecule has 0 rings (SSSR count). The van der Waals surface area contributed by atoms with Gasteiger partial charge >= 0.3 is 11.9 Å². The quantitative estimate of drug-likeness (QED) is 0.128. The number of ether oxygens (including phenoxy) is 1. The molecule has 0 fully saturated rings. The predicted octanol–water partition coefficient (Wildman–Crippen LogP) is 7.32. The molecule has 0 heterocycles. The fourth-order valence-corrected chi connectivity index (χ4v) is 2.90. The summed E-state index contributed by atoms with van der Waals surface area (Å²) in [7, 11) is 0. The van der Waals surface area contributed by atoms with E-state index >= 15 is 0 Å². The predicted molar refractivity (Wildman–Crippen MR) is 125 cm³/mol. The molecule has 0 aliphatic heterocycles. The van der Waals surface area contributed by atoms with Crippen LogP contribution >= 0.6 is 0 Å². The molecule has 0 amide bonds. The van der Waals surface area contributed by atoms with E-state index in [-0.39, 0.29) is 0 Å². The molecule has 1 N–H and O–H groups in total. The SMILES string of the molecule is CC/C=C\C/C=C\C/C=C\C/C=C\CCCCCCCCCCC(=O)OCC(=O)O. The Hall–Kier alpha value is -2.10. The van der Waals surface area contributed by atoms with Crippen LogP contribution in [0.5, 0.6) is 0 Å². The van der Waals surface area contributed by atoms with E-state index in [1.54, 1.807) is 0 Å². The molecule has 0 spiro atoms. The lowest BCUT2D eigenvalue weighted by Crippen LogP contribution is -2.12. The third-order valence-electron chi connectivity index (χ3n) is 4.58. The van der Waals surface area contributed by atoms with E-state index in [9.17, 15) is 9.59 Å². The molecule has 0 aromatic carbocycles. The number of allylic oxidation sites excluding steroid dienone is 8. The Morgan fingerprint density at radius 2 is 1.13 bits per heavy atom. The van der Waals surface area contributed by atoms with E-state index in [4.69, 9.17) is 5.11 Å². The Bertz CT molecular complexity index is 529. The zero-order valence-corrected chi connectivity index (χ0v) is 18.9. The van der Waals surface area contributed by atoms with E-state index in [1.165, 1.54) is 32.1 Å². The number of unbranched alkanes of at least 4 members (excludes halogenated alkanes) is 8. The Morgan fingerprint density at radius 3 is 1.67 bits per heavy atom. The molecule has 0 saturated carbocycles. The van der Waals surface area contributed by atoms with Gasteiger partial charge in [-0.3, -0.25) is 4.79 Å². The number of esters is 1. The van der Waals surface area contributed by atoms with Crippen LogP contribution in [0.25, 0.3) is 0 Å². The second-order valence-corrected chi connectivity index (χ2v) is 7.42. The zero-order valence-electron chi connectivity index (χ0n) is 18.9. The summed E-state index contributed by atoms with van der Waals surface area (Å²) in [6, 6.07) is 0. The summed E-state index contributed by atoms with van der Waals surface area (Å²) in [5.41, 5.74) is 0. The highest BCUT2D eigenvalue weighted by molar-refractivity contribution is 5.75. The second kappa shape index (κ2) is 23.2. The smallest absolute Gasteiger partial charge is 0.341 e. The van der Waals surface area contributed by atoms with Crippen LogP contribution in [0, 0.1) is 0 Å². The molecule has 0 aromatic rings. The molecule has 4 heteroatoms. The van der Waals surface area contributed by atoms with Gasteiger partial charge in [0.2, 0.25) is 0 Å². The first-order valence-corrected chi connectivity index (χ1v) is 11.6. The highest BCUT2D eigenvalue weighted by atomic mass is 16.5. The van der Waals surface area contributed by atoms with Gasteiger partial charge in [-0.05, 0) is 44.9 Å².